The van der Waals surface area contributed by atoms with Crippen LogP contribution in [0.15, 0.2) is 24.7 Å². The van der Waals surface area contributed by atoms with Gasteiger partial charge in [0.25, 0.3) is 0 Å². The van der Waals surface area contributed by atoms with Crippen molar-refractivity contribution in [3.05, 3.63) is 30.2 Å². The Labute approximate surface area is 86.7 Å². The third-order valence-electron chi connectivity index (χ3n) is 1.84. The molecule has 0 aliphatic rings. The summed E-state index contributed by atoms with van der Waals surface area (Å²) in [5.41, 5.74) is 1.04. The number of ether oxygens (including phenoxy) is 1. The van der Waals surface area contributed by atoms with Crippen LogP contribution in [0.1, 0.15) is 5.56 Å². The molecule has 6 nitrogen and oxygen atoms in total. The topological polar surface area (TPSA) is 75.7 Å². The SMILES string of the molecule is COc1ccnc(NCc2cn[nH]c2)n1. The van der Waals surface area contributed by atoms with Gasteiger partial charge in [-0.3, -0.25) is 5.10 Å². The number of hydrogen-bond donors (Lipinski definition) is 2. The Morgan fingerprint density at radius 1 is 1.53 bits per heavy atom. The highest BCUT2D eigenvalue weighted by Gasteiger charge is 1.99. The lowest BCUT2D eigenvalue weighted by Gasteiger charge is -2.03. The first kappa shape index (κ1) is 9.45. The lowest BCUT2D eigenvalue weighted by molar-refractivity contribution is 0.397. The van der Waals surface area contributed by atoms with Crippen molar-refractivity contribution in [2.45, 2.75) is 6.54 Å². The predicted molar refractivity (Wildman–Crippen MR) is 54.5 cm³/mol. The van der Waals surface area contributed by atoms with Crippen molar-refractivity contribution >= 4 is 5.95 Å². The fraction of sp³-hybridized carbons (Fsp3) is 0.222. The van der Waals surface area contributed by atoms with Gasteiger partial charge in [0, 0.05) is 30.6 Å². The monoisotopic (exact) mass is 205 g/mol. The van der Waals surface area contributed by atoms with Gasteiger partial charge in [0.15, 0.2) is 0 Å². The highest BCUT2D eigenvalue weighted by Crippen LogP contribution is 2.08. The number of anilines is 1. The van der Waals surface area contributed by atoms with Gasteiger partial charge in [0.1, 0.15) is 0 Å². The molecule has 2 N–H and O–H groups in total. The Kier molecular flexibility index (Phi) is 2.77. The van der Waals surface area contributed by atoms with E-state index in [0.717, 1.165) is 5.56 Å². The second-order valence-electron chi connectivity index (χ2n) is 2.88. The van der Waals surface area contributed by atoms with Crippen LogP contribution >= 0.6 is 0 Å². The summed E-state index contributed by atoms with van der Waals surface area (Å²) in [5.74, 6) is 1.08. The van der Waals surface area contributed by atoms with Gasteiger partial charge in [0.05, 0.1) is 13.3 Å². The standard InChI is InChI=1S/C9H11N5O/c1-15-8-2-3-10-9(14-8)11-4-7-5-12-13-6-7/h2-3,5-6H,4H2,1H3,(H,12,13)(H,10,11,14). The van der Waals surface area contributed by atoms with Crippen molar-refractivity contribution in [1.82, 2.24) is 20.2 Å². The summed E-state index contributed by atoms with van der Waals surface area (Å²) in [4.78, 5) is 8.17. The van der Waals surface area contributed by atoms with Crippen molar-refractivity contribution in [3.8, 4) is 5.88 Å². The number of nitrogens with one attached hydrogen (secondary N) is 2. The molecule has 0 saturated heterocycles. The first-order chi connectivity index (χ1) is 7.38. The summed E-state index contributed by atoms with van der Waals surface area (Å²) in [7, 11) is 1.57. The molecule has 0 aliphatic heterocycles. The normalized spacial score (nSPS) is 9.93. The van der Waals surface area contributed by atoms with Crippen LogP contribution in [0.3, 0.4) is 0 Å². The van der Waals surface area contributed by atoms with E-state index in [9.17, 15) is 0 Å². The van der Waals surface area contributed by atoms with Gasteiger partial charge in [0.2, 0.25) is 11.8 Å². The van der Waals surface area contributed by atoms with Crippen LogP contribution in [0.25, 0.3) is 0 Å². The lowest BCUT2D eigenvalue weighted by atomic mass is 10.4. The first-order valence-corrected chi connectivity index (χ1v) is 4.47. The summed E-state index contributed by atoms with van der Waals surface area (Å²) in [6, 6.07) is 1.70. The number of methoxy groups -OCH3 is 1. The summed E-state index contributed by atoms with van der Waals surface area (Å²) in [6.45, 7) is 0.629. The van der Waals surface area contributed by atoms with Crippen molar-refractivity contribution in [2.75, 3.05) is 12.4 Å². The molecule has 0 aliphatic carbocycles. The van der Waals surface area contributed by atoms with Crippen LogP contribution in [-0.2, 0) is 6.54 Å². The molecule has 0 atom stereocenters. The van der Waals surface area contributed by atoms with Gasteiger partial charge in [-0.2, -0.15) is 10.1 Å². The molecule has 0 unspecified atom stereocenters. The Morgan fingerprint density at radius 2 is 2.47 bits per heavy atom. The molecule has 0 bridgehead atoms. The van der Waals surface area contributed by atoms with E-state index in [2.05, 4.69) is 25.5 Å². The van der Waals surface area contributed by atoms with Gasteiger partial charge >= 0.3 is 0 Å². The van der Waals surface area contributed by atoms with E-state index in [4.69, 9.17) is 4.74 Å². The fourth-order valence-electron chi connectivity index (χ4n) is 1.10. The molecule has 0 fully saturated rings. The zero-order chi connectivity index (χ0) is 10.5. The Hall–Kier alpha value is -2.11. The zero-order valence-corrected chi connectivity index (χ0v) is 8.27. The van der Waals surface area contributed by atoms with Crippen LogP contribution in [0.4, 0.5) is 5.95 Å². The number of H-pyrrole nitrogens is 1. The van der Waals surface area contributed by atoms with Gasteiger partial charge < -0.3 is 10.1 Å². The van der Waals surface area contributed by atoms with Gasteiger partial charge in [-0.05, 0) is 0 Å². The Balaban J connectivity index is 1.98. The van der Waals surface area contributed by atoms with Crippen molar-refractivity contribution in [1.29, 1.82) is 0 Å². The summed E-state index contributed by atoms with van der Waals surface area (Å²) in [5, 5.41) is 9.63. The number of aromatic nitrogens is 4. The highest BCUT2D eigenvalue weighted by atomic mass is 16.5. The quantitative estimate of drug-likeness (QED) is 0.772. The molecule has 2 aromatic rings. The largest absolute Gasteiger partial charge is 0.481 e. The van der Waals surface area contributed by atoms with E-state index in [1.54, 1.807) is 25.6 Å². The molecule has 0 aromatic carbocycles. The van der Waals surface area contributed by atoms with Gasteiger partial charge in [-0.25, -0.2) is 4.98 Å². The predicted octanol–water partition coefficient (Wildman–Crippen LogP) is 0.820. The molecule has 0 spiro atoms. The molecule has 78 valence electrons. The van der Waals surface area contributed by atoms with Crippen LogP contribution < -0.4 is 10.1 Å². The molecule has 0 amide bonds. The third-order valence-corrected chi connectivity index (χ3v) is 1.84. The molecule has 0 saturated carbocycles. The fourth-order valence-corrected chi connectivity index (χ4v) is 1.10. The molecular formula is C9H11N5O. The summed E-state index contributed by atoms with van der Waals surface area (Å²) < 4.78 is 4.98. The van der Waals surface area contributed by atoms with E-state index in [0.29, 0.717) is 18.4 Å². The highest BCUT2D eigenvalue weighted by molar-refractivity contribution is 5.28. The Morgan fingerprint density at radius 3 is 3.20 bits per heavy atom. The van der Waals surface area contributed by atoms with Crippen LogP contribution in [0.5, 0.6) is 5.88 Å². The van der Waals surface area contributed by atoms with Crippen LogP contribution in [-0.4, -0.2) is 27.3 Å². The average molecular weight is 205 g/mol. The number of nitrogens with zero attached hydrogens (tertiary/aromatic N) is 3. The maximum absolute atomic E-state index is 4.98. The summed E-state index contributed by atoms with van der Waals surface area (Å²) in [6.07, 6.45) is 5.20. The second-order valence-corrected chi connectivity index (χ2v) is 2.88. The number of rotatable bonds is 4. The van der Waals surface area contributed by atoms with E-state index in [-0.39, 0.29) is 0 Å². The van der Waals surface area contributed by atoms with E-state index in [1.165, 1.54) is 0 Å². The third kappa shape index (κ3) is 2.43. The maximum atomic E-state index is 4.98. The van der Waals surface area contributed by atoms with Crippen molar-refractivity contribution < 1.29 is 4.74 Å². The van der Waals surface area contributed by atoms with Crippen LogP contribution in [0, 0.1) is 0 Å². The second kappa shape index (κ2) is 4.41. The average Bonchev–Trinajstić information content (AvgIpc) is 2.79. The lowest BCUT2D eigenvalue weighted by Crippen LogP contribution is -2.03. The Bertz CT molecular complexity index is 414. The summed E-state index contributed by atoms with van der Waals surface area (Å²) >= 11 is 0. The number of aromatic amines is 1. The smallest absolute Gasteiger partial charge is 0.226 e. The minimum atomic E-state index is 0.538. The van der Waals surface area contributed by atoms with Gasteiger partial charge in [-0.1, -0.05) is 0 Å². The van der Waals surface area contributed by atoms with Gasteiger partial charge in [-0.15, -0.1) is 0 Å². The molecular weight excluding hydrogens is 194 g/mol. The van der Waals surface area contributed by atoms with E-state index < -0.39 is 0 Å². The minimum Gasteiger partial charge on any atom is -0.481 e. The molecule has 2 rings (SSSR count). The van der Waals surface area contributed by atoms with E-state index >= 15 is 0 Å². The molecule has 15 heavy (non-hydrogen) atoms. The molecule has 6 heteroatoms. The molecule has 0 radical (unpaired) electrons. The molecule has 2 aromatic heterocycles. The number of hydrogen-bond acceptors (Lipinski definition) is 5. The minimum absolute atomic E-state index is 0.538. The maximum Gasteiger partial charge on any atom is 0.226 e. The first-order valence-electron chi connectivity index (χ1n) is 4.47. The zero-order valence-electron chi connectivity index (χ0n) is 8.27. The van der Waals surface area contributed by atoms with Crippen LogP contribution in [0.2, 0.25) is 0 Å². The van der Waals surface area contributed by atoms with E-state index in [1.807, 2.05) is 6.20 Å². The van der Waals surface area contributed by atoms with Crippen molar-refractivity contribution in [3.63, 3.8) is 0 Å². The molecule has 2 heterocycles. The van der Waals surface area contributed by atoms with Crippen molar-refractivity contribution in [2.24, 2.45) is 0 Å².